The van der Waals surface area contributed by atoms with E-state index in [1.807, 2.05) is 31.2 Å². The maximum atomic E-state index is 11.9. The molecular weight excluding hydrogens is 204 g/mol. The third-order valence-corrected chi connectivity index (χ3v) is 2.59. The Balaban J connectivity index is 2.39. The molecule has 1 aliphatic heterocycles. The molecule has 1 aromatic carbocycles. The standard InChI is InChI=1S/C12H14N2O2/c1-8-9(6-7-15)12(16)14-11-5-3-2-4-10(11)13-8/h2-5,13,15H,6-7H2,1H3,(H,14,16). The number of hydrogen-bond acceptors (Lipinski definition) is 3. The summed E-state index contributed by atoms with van der Waals surface area (Å²) in [5.41, 5.74) is 3.02. The van der Waals surface area contributed by atoms with Crippen LogP contribution in [0.5, 0.6) is 0 Å². The third kappa shape index (κ3) is 1.92. The smallest absolute Gasteiger partial charge is 0.253 e. The number of aliphatic hydroxyl groups is 1. The van der Waals surface area contributed by atoms with Crippen LogP contribution in [0.15, 0.2) is 35.5 Å². The van der Waals surface area contributed by atoms with E-state index in [9.17, 15) is 4.79 Å². The van der Waals surface area contributed by atoms with Crippen molar-refractivity contribution in [2.45, 2.75) is 13.3 Å². The molecule has 16 heavy (non-hydrogen) atoms. The number of aliphatic hydroxyl groups excluding tert-OH is 1. The monoisotopic (exact) mass is 218 g/mol. The minimum Gasteiger partial charge on any atom is -0.396 e. The van der Waals surface area contributed by atoms with Gasteiger partial charge in [0.15, 0.2) is 0 Å². The minimum atomic E-state index is -0.149. The predicted molar refractivity (Wildman–Crippen MR) is 63.1 cm³/mol. The van der Waals surface area contributed by atoms with E-state index in [4.69, 9.17) is 5.11 Å². The highest BCUT2D eigenvalue weighted by atomic mass is 16.3. The van der Waals surface area contributed by atoms with Crippen LogP contribution in [0, 0.1) is 0 Å². The molecule has 0 saturated carbocycles. The van der Waals surface area contributed by atoms with Crippen molar-refractivity contribution in [1.29, 1.82) is 0 Å². The first-order valence-electron chi connectivity index (χ1n) is 5.20. The molecule has 0 fully saturated rings. The molecule has 0 aliphatic carbocycles. The summed E-state index contributed by atoms with van der Waals surface area (Å²) in [5.74, 6) is -0.149. The second-order valence-electron chi connectivity index (χ2n) is 3.70. The Kier molecular flexibility index (Phi) is 2.92. The van der Waals surface area contributed by atoms with E-state index < -0.39 is 0 Å². The number of rotatable bonds is 2. The van der Waals surface area contributed by atoms with Crippen molar-refractivity contribution in [1.82, 2.24) is 0 Å². The van der Waals surface area contributed by atoms with Gasteiger partial charge in [-0.2, -0.15) is 0 Å². The fraction of sp³-hybridized carbons (Fsp3) is 0.250. The molecule has 0 bridgehead atoms. The van der Waals surface area contributed by atoms with E-state index in [-0.39, 0.29) is 12.5 Å². The third-order valence-electron chi connectivity index (χ3n) is 2.59. The van der Waals surface area contributed by atoms with Crippen LogP contribution in [0.1, 0.15) is 13.3 Å². The van der Waals surface area contributed by atoms with E-state index >= 15 is 0 Å². The number of amides is 1. The van der Waals surface area contributed by atoms with Gasteiger partial charge in [-0.15, -0.1) is 0 Å². The van der Waals surface area contributed by atoms with Crippen molar-refractivity contribution < 1.29 is 9.90 Å². The summed E-state index contributed by atoms with van der Waals surface area (Å²) < 4.78 is 0. The fourth-order valence-electron chi connectivity index (χ4n) is 1.76. The number of hydrogen-bond donors (Lipinski definition) is 3. The Morgan fingerprint density at radius 1 is 1.19 bits per heavy atom. The zero-order valence-corrected chi connectivity index (χ0v) is 9.08. The minimum absolute atomic E-state index is 0.0296. The van der Waals surface area contributed by atoms with Crippen molar-refractivity contribution in [2.75, 3.05) is 17.2 Å². The van der Waals surface area contributed by atoms with Gasteiger partial charge in [0.05, 0.1) is 11.4 Å². The van der Waals surface area contributed by atoms with Gasteiger partial charge in [0, 0.05) is 24.3 Å². The van der Waals surface area contributed by atoms with Crippen LogP contribution >= 0.6 is 0 Å². The van der Waals surface area contributed by atoms with E-state index in [0.29, 0.717) is 12.0 Å². The van der Waals surface area contributed by atoms with Crippen molar-refractivity contribution in [3.63, 3.8) is 0 Å². The zero-order valence-electron chi connectivity index (χ0n) is 9.08. The predicted octanol–water partition coefficient (Wildman–Crippen LogP) is 1.71. The lowest BCUT2D eigenvalue weighted by Crippen LogP contribution is -2.15. The Morgan fingerprint density at radius 3 is 2.44 bits per heavy atom. The molecule has 2 rings (SSSR count). The van der Waals surface area contributed by atoms with Crippen LogP contribution < -0.4 is 10.6 Å². The highest BCUT2D eigenvalue weighted by Crippen LogP contribution is 2.27. The van der Waals surface area contributed by atoms with Crippen molar-refractivity contribution in [3.05, 3.63) is 35.5 Å². The molecule has 4 heteroatoms. The van der Waals surface area contributed by atoms with Gasteiger partial charge in [0.1, 0.15) is 0 Å². The summed E-state index contributed by atoms with van der Waals surface area (Å²) in [7, 11) is 0. The summed E-state index contributed by atoms with van der Waals surface area (Å²) >= 11 is 0. The number of benzene rings is 1. The summed E-state index contributed by atoms with van der Waals surface area (Å²) in [6.07, 6.45) is 0.360. The summed E-state index contributed by atoms with van der Waals surface area (Å²) in [6.45, 7) is 1.81. The number of carbonyl (C=O) groups is 1. The van der Waals surface area contributed by atoms with E-state index in [0.717, 1.165) is 17.1 Å². The summed E-state index contributed by atoms with van der Waals surface area (Å²) in [6, 6.07) is 7.52. The molecular formula is C12H14N2O2. The fourth-order valence-corrected chi connectivity index (χ4v) is 1.76. The van der Waals surface area contributed by atoms with Gasteiger partial charge in [0.2, 0.25) is 0 Å². The second kappa shape index (κ2) is 4.37. The van der Waals surface area contributed by atoms with Crippen molar-refractivity contribution in [3.8, 4) is 0 Å². The van der Waals surface area contributed by atoms with Gasteiger partial charge in [-0.3, -0.25) is 4.79 Å². The first kappa shape index (κ1) is 10.7. The molecule has 84 valence electrons. The van der Waals surface area contributed by atoms with Gasteiger partial charge < -0.3 is 15.7 Å². The molecule has 0 saturated heterocycles. The quantitative estimate of drug-likeness (QED) is 0.708. The summed E-state index contributed by atoms with van der Waals surface area (Å²) in [5, 5.41) is 14.9. The van der Waals surface area contributed by atoms with Crippen molar-refractivity contribution >= 4 is 17.3 Å². The van der Waals surface area contributed by atoms with Crippen LogP contribution in [0.4, 0.5) is 11.4 Å². The molecule has 0 aromatic heterocycles. The SMILES string of the molecule is CC1=C(CCO)C(=O)Nc2ccccc2N1. The topological polar surface area (TPSA) is 61.4 Å². The number of nitrogens with one attached hydrogen (secondary N) is 2. The van der Waals surface area contributed by atoms with E-state index in [1.165, 1.54) is 0 Å². The molecule has 0 spiro atoms. The Bertz CT molecular complexity index is 452. The van der Waals surface area contributed by atoms with Crippen molar-refractivity contribution in [2.24, 2.45) is 0 Å². The number of para-hydroxylation sites is 2. The largest absolute Gasteiger partial charge is 0.396 e. The van der Waals surface area contributed by atoms with Gasteiger partial charge >= 0.3 is 0 Å². The van der Waals surface area contributed by atoms with Gasteiger partial charge in [-0.1, -0.05) is 12.1 Å². The average molecular weight is 218 g/mol. The lowest BCUT2D eigenvalue weighted by molar-refractivity contribution is -0.113. The molecule has 4 nitrogen and oxygen atoms in total. The van der Waals surface area contributed by atoms with Gasteiger partial charge in [0.25, 0.3) is 5.91 Å². The van der Waals surface area contributed by atoms with E-state index in [1.54, 1.807) is 0 Å². The first-order chi connectivity index (χ1) is 7.72. The zero-order chi connectivity index (χ0) is 11.5. The lowest BCUT2D eigenvalue weighted by Gasteiger charge is -2.07. The van der Waals surface area contributed by atoms with Crippen LogP contribution in [0.25, 0.3) is 0 Å². The number of fused-ring (bicyclic) bond motifs is 1. The number of carbonyl (C=O) groups excluding carboxylic acids is 1. The molecule has 1 aliphatic rings. The average Bonchev–Trinajstić information content (AvgIpc) is 2.38. The van der Waals surface area contributed by atoms with Gasteiger partial charge in [-0.05, 0) is 19.1 Å². The highest BCUT2D eigenvalue weighted by molar-refractivity contribution is 6.07. The summed E-state index contributed by atoms with van der Waals surface area (Å²) in [4.78, 5) is 11.9. The number of anilines is 2. The maximum Gasteiger partial charge on any atom is 0.253 e. The van der Waals surface area contributed by atoms with Crippen LogP contribution in [0.3, 0.4) is 0 Å². The second-order valence-corrected chi connectivity index (χ2v) is 3.70. The molecule has 0 radical (unpaired) electrons. The molecule has 1 heterocycles. The molecule has 1 amide bonds. The molecule has 0 atom stereocenters. The maximum absolute atomic E-state index is 11.9. The Labute approximate surface area is 94.0 Å². The first-order valence-corrected chi connectivity index (χ1v) is 5.20. The molecule has 1 aromatic rings. The van der Waals surface area contributed by atoms with Crippen LogP contribution in [-0.4, -0.2) is 17.6 Å². The van der Waals surface area contributed by atoms with E-state index in [2.05, 4.69) is 10.6 Å². The van der Waals surface area contributed by atoms with Crippen LogP contribution in [0.2, 0.25) is 0 Å². The lowest BCUT2D eigenvalue weighted by atomic mass is 10.1. The Hall–Kier alpha value is -1.81. The number of allylic oxidation sites excluding steroid dienone is 1. The molecule has 0 unspecified atom stereocenters. The molecule has 3 N–H and O–H groups in total. The highest BCUT2D eigenvalue weighted by Gasteiger charge is 2.18. The normalized spacial score (nSPS) is 15.0. The van der Waals surface area contributed by atoms with Gasteiger partial charge in [-0.25, -0.2) is 0 Å². The van der Waals surface area contributed by atoms with Crippen LogP contribution in [-0.2, 0) is 4.79 Å². The Morgan fingerprint density at radius 2 is 1.81 bits per heavy atom.